The summed E-state index contributed by atoms with van der Waals surface area (Å²) in [6.45, 7) is 11.3. The Morgan fingerprint density at radius 2 is 1.89 bits per heavy atom. The smallest absolute Gasteiger partial charge is 0.228 e. The first-order valence-electron chi connectivity index (χ1n) is 13.6. The van der Waals surface area contributed by atoms with Crippen LogP contribution in [-0.4, -0.2) is 82.2 Å². The molecule has 2 N–H and O–H groups in total. The fraction of sp³-hybridized carbons (Fsp3) is 0.731. The summed E-state index contributed by atoms with van der Waals surface area (Å²) in [5, 5.41) is 24.2. The molecule has 2 atom stereocenters. The Bertz CT molecular complexity index is 1020. The van der Waals surface area contributed by atoms with Crippen LogP contribution in [0.4, 0.5) is 16.1 Å². The van der Waals surface area contributed by atoms with E-state index >= 15 is 0 Å². The lowest BCUT2D eigenvalue weighted by Crippen LogP contribution is -2.50. The van der Waals surface area contributed by atoms with Gasteiger partial charge in [-0.15, -0.1) is 15.3 Å². The Hall–Kier alpha value is -2.37. The van der Waals surface area contributed by atoms with Gasteiger partial charge >= 0.3 is 0 Å². The highest BCUT2D eigenvalue weighted by atomic mass is 32.1. The van der Waals surface area contributed by atoms with Crippen LogP contribution in [0.5, 0.6) is 0 Å². The van der Waals surface area contributed by atoms with Crippen LogP contribution in [0.2, 0.25) is 0 Å². The van der Waals surface area contributed by atoms with E-state index in [2.05, 4.69) is 61.6 Å². The molecule has 0 spiro atoms. The monoisotopic (exact) mass is 528 g/mol. The van der Waals surface area contributed by atoms with Gasteiger partial charge in [0.05, 0.1) is 19.1 Å². The highest BCUT2D eigenvalue weighted by Crippen LogP contribution is 2.39. The van der Waals surface area contributed by atoms with Crippen molar-refractivity contribution in [2.24, 2.45) is 11.3 Å². The molecule has 37 heavy (non-hydrogen) atoms. The van der Waals surface area contributed by atoms with Crippen molar-refractivity contribution >= 4 is 33.3 Å². The van der Waals surface area contributed by atoms with E-state index in [1.165, 1.54) is 37.0 Å². The van der Waals surface area contributed by atoms with Gasteiger partial charge in [-0.25, -0.2) is 0 Å². The molecule has 2 unspecified atom stereocenters. The van der Waals surface area contributed by atoms with Crippen LogP contribution in [0.25, 0.3) is 0 Å². The van der Waals surface area contributed by atoms with E-state index in [4.69, 9.17) is 4.74 Å². The van der Waals surface area contributed by atoms with Crippen molar-refractivity contribution in [3.8, 4) is 0 Å². The number of anilines is 3. The van der Waals surface area contributed by atoms with Gasteiger partial charge in [0.1, 0.15) is 0 Å². The molecule has 202 valence electrons. The molecule has 5 rings (SSSR count). The van der Waals surface area contributed by atoms with Gasteiger partial charge in [-0.05, 0) is 55.6 Å². The molecule has 2 aromatic heterocycles. The lowest BCUT2D eigenvalue weighted by Gasteiger charge is -2.43. The second kappa shape index (κ2) is 11.6. The number of nitrogens with zero attached hydrogens (tertiary/aromatic N) is 6. The minimum absolute atomic E-state index is 0.0688. The van der Waals surface area contributed by atoms with E-state index < -0.39 is 0 Å². The van der Waals surface area contributed by atoms with Crippen LogP contribution in [-0.2, 0) is 9.53 Å². The van der Waals surface area contributed by atoms with Crippen LogP contribution in [0.15, 0.2) is 18.3 Å². The molecule has 3 aliphatic rings. The zero-order valence-electron chi connectivity index (χ0n) is 22.2. The number of amides is 1. The van der Waals surface area contributed by atoms with E-state index in [9.17, 15) is 4.79 Å². The third kappa shape index (κ3) is 6.94. The van der Waals surface area contributed by atoms with Gasteiger partial charge in [-0.1, -0.05) is 32.1 Å². The van der Waals surface area contributed by atoms with Gasteiger partial charge in [-0.3, -0.25) is 9.69 Å². The summed E-state index contributed by atoms with van der Waals surface area (Å²) in [5.41, 5.74) is 0.394. The van der Waals surface area contributed by atoms with Crippen LogP contribution in [0.1, 0.15) is 59.3 Å². The topological polar surface area (TPSA) is 108 Å². The normalized spacial score (nSPS) is 27.3. The van der Waals surface area contributed by atoms with Gasteiger partial charge in [0.15, 0.2) is 5.82 Å². The number of hydrogen-bond donors (Lipinski definition) is 2. The van der Waals surface area contributed by atoms with Crippen LogP contribution < -0.4 is 15.5 Å². The molecular formula is C26H40N8O2S. The van der Waals surface area contributed by atoms with Crippen molar-refractivity contribution in [1.82, 2.24) is 25.3 Å². The Kier molecular flexibility index (Phi) is 8.21. The quantitative estimate of drug-likeness (QED) is 0.557. The fourth-order valence-electron chi connectivity index (χ4n) is 5.94. The first-order chi connectivity index (χ1) is 17.8. The summed E-state index contributed by atoms with van der Waals surface area (Å²) in [6.07, 6.45) is 8.01. The Morgan fingerprint density at radius 3 is 2.65 bits per heavy atom. The van der Waals surface area contributed by atoms with Crippen molar-refractivity contribution in [1.29, 1.82) is 0 Å². The second-order valence-corrected chi connectivity index (χ2v) is 12.7. The van der Waals surface area contributed by atoms with Crippen molar-refractivity contribution in [2.45, 2.75) is 77.5 Å². The number of morpholine rings is 1. The lowest BCUT2D eigenvalue weighted by molar-refractivity contribution is -0.122. The van der Waals surface area contributed by atoms with Crippen molar-refractivity contribution in [2.75, 3.05) is 48.3 Å². The van der Waals surface area contributed by atoms with Gasteiger partial charge < -0.3 is 20.3 Å². The lowest BCUT2D eigenvalue weighted by atomic mass is 9.71. The molecule has 2 aliphatic heterocycles. The second-order valence-electron chi connectivity index (χ2n) is 11.7. The van der Waals surface area contributed by atoms with Crippen molar-refractivity contribution < 1.29 is 9.53 Å². The summed E-state index contributed by atoms with van der Waals surface area (Å²) < 4.78 is 5.96. The highest BCUT2D eigenvalue weighted by Gasteiger charge is 2.34. The van der Waals surface area contributed by atoms with E-state index in [0.717, 1.165) is 44.3 Å². The highest BCUT2D eigenvalue weighted by molar-refractivity contribution is 7.19. The van der Waals surface area contributed by atoms with Crippen LogP contribution >= 0.6 is 11.3 Å². The van der Waals surface area contributed by atoms with Gasteiger partial charge in [0.2, 0.25) is 16.2 Å². The number of hydrogen-bond acceptors (Lipinski definition) is 10. The number of carbonyl (C=O) groups excluding carboxylic acids is 1. The number of ether oxygens (including phenoxy) is 1. The van der Waals surface area contributed by atoms with Crippen LogP contribution in [0.3, 0.4) is 0 Å². The van der Waals surface area contributed by atoms with E-state index in [1.807, 2.05) is 12.1 Å². The van der Waals surface area contributed by atoms with E-state index in [1.54, 1.807) is 6.20 Å². The summed E-state index contributed by atoms with van der Waals surface area (Å²) in [6, 6.07) is 4.74. The number of aromatic nitrogens is 4. The van der Waals surface area contributed by atoms with Gasteiger partial charge in [-0.2, -0.15) is 5.10 Å². The molecule has 10 nitrogen and oxygen atoms in total. The molecule has 2 saturated heterocycles. The standard InChI is InChI=1S/C26H40N8O2S/c1-26(2,3)18-6-8-20(9-7-18)33-13-14-36-21(17-33)15-23(35)29-25-32-31-24(37-25)28-19-10-12-34(16-19)22-5-4-11-27-30-22/h4-5,11,18-21H,6-10,12-17H2,1-3H3,(H,28,31)(H,29,32,35). The zero-order chi connectivity index (χ0) is 25.8. The Morgan fingerprint density at radius 1 is 1.08 bits per heavy atom. The molecular weight excluding hydrogens is 488 g/mol. The predicted molar refractivity (Wildman–Crippen MR) is 146 cm³/mol. The molecule has 3 fully saturated rings. The molecule has 1 amide bonds. The Labute approximate surface area is 223 Å². The molecule has 0 radical (unpaired) electrons. The minimum Gasteiger partial charge on any atom is -0.375 e. The van der Waals surface area contributed by atoms with Crippen LogP contribution in [0, 0.1) is 11.3 Å². The number of carbonyl (C=O) groups is 1. The largest absolute Gasteiger partial charge is 0.375 e. The number of rotatable bonds is 7. The minimum atomic E-state index is -0.0786. The third-order valence-electron chi connectivity index (χ3n) is 8.09. The maximum absolute atomic E-state index is 12.8. The Balaban J connectivity index is 1.05. The SMILES string of the molecule is CC(C)(C)C1CCC(N2CCOC(CC(=O)Nc3nnc(NC4CCN(c5cccnn5)C4)s3)C2)CC1. The first-order valence-corrected chi connectivity index (χ1v) is 14.4. The van der Waals surface area contributed by atoms with E-state index in [-0.39, 0.29) is 18.1 Å². The van der Waals surface area contributed by atoms with E-state index in [0.29, 0.717) is 34.7 Å². The summed E-state index contributed by atoms with van der Waals surface area (Å²) in [7, 11) is 0. The summed E-state index contributed by atoms with van der Waals surface area (Å²) in [4.78, 5) is 17.5. The summed E-state index contributed by atoms with van der Waals surface area (Å²) >= 11 is 1.37. The predicted octanol–water partition coefficient (Wildman–Crippen LogP) is 3.65. The summed E-state index contributed by atoms with van der Waals surface area (Å²) in [5.74, 6) is 1.63. The molecule has 0 bridgehead atoms. The maximum atomic E-state index is 12.8. The fourth-order valence-corrected chi connectivity index (χ4v) is 6.67. The molecule has 1 saturated carbocycles. The first kappa shape index (κ1) is 26.2. The van der Waals surface area contributed by atoms with Gasteiger partial charge in [0, 0.05) is 44.5 Å². The molecule has 1 aliphatic carbocycles. The van der Waals surface area contributed by atoms with Crippen molar-refractivity contribution in [3.05, 3.63) is 18.3 Å². The maximum Gasteiger partial charge on any atom is 0.228 e. The molecule has 4 heterocycles. The molecule has 0 aromatic carbocycles. The molecule has 11 heteroatoms. The average molecular weight is 529 g/mol. The molecule has 2 aromatic rings. The van der Waals surface area contributed by atoms with Crippen molar-refractivity contribution in [3.63, 3.8) is 0 Å². The third-order valence-corrected chi connectivity index (χ3v) is 8.86. The van der Waals surface area contributed by atoms with Gasteiger partial charge in [0.25, 0.3) is 0 Å². The number of nitrogens with one attached hydrogen (secondary N) is 2. The zero-order valence-corrected chi connectivity index (χ0v) is 23.0. The average Bonchev–Trinajstić information content (AvgIpc) is 3.54.